The molecule has 2 fully saturated rings. The summed E-state index contributed by atoms with van der Waals surface area (Å²) in [4.78, 5) is 23.9. The number of aliphatic hydroxyl groups excluding tert-OH is 1. The molecular weight excluding hydrogens is 402 g/mol. The molecule has 1 atom stereocenters. The molecule has 7 nitrogen and oxygen atoms in total. The molecule has 3 N–H and O–H groups in total. The van der Waals surface area contributed by atoms with E-state index in [9.17, 15) is 9.90 Å². The maximum atomic E-state index is 12.4. The van der Waals surface area contributed by atoms with Crippen LogP contribution in [0.2, 0.25) is 0 Å². The lowest BCUT2D eigenvalue weighted by Crippen LogP contribution is -2.42. The van der Waals surface area contributed by atoms with Gasteiger partial charge in [0, 0.05) is 32.1 Å². The number of hydrogen-bond acceptors (Lipinski definition) is 6. The fourth-order valence-corrected chi connectivity index (χ4v) is 5.17. The van der Waals surface area contributed by atoms with Crippen LogP contribution >= 0.6 is 0 Å². The maximum absolute atomic E-state index is 12.4. The van der Waals surface area contributed by atoms with Crippen LogP contribution in [0, 0.1) is 11.8 Å². The molecular formula is C25H37N5O2. The van der Waals surface area contributed by atoms with Gasteiger partial charge >= 0.3 is 0 Å². The third-order valence-corrected chi connectivity index (χ3v) is 7.12. The summed E-state index contributed by atoms with van der Waals surface area (Å²) in [5.74, 6) is 2.02. The highest BCUT2D eigenvalue weighted by atomic mass is 16.3. The molecule has 2 saturated carbocycles. The minimum absolute atomic E-state index is 0.137. The SMILES string of the molecule is CN(C)c1nc(NC2CCC(CNC(=O)C(O)C3CCCCC3)CC2)nc2ccccc12. The van der Waals surface area contributed by atoms with Gasteiger partial charge in [0.1, 0.15) is 11.9 Å². The molecule has 2 aromatic rings. The number of fused-ring (bicyclic) bond motifs is 1. The van der Waals surface area contributed by atoms with Gasteiger partial charge in [-0.15, -0.1) is 0 Å². The Kier molecular flexibility index (Phi) is 7.45. The molecule has 0 spiro atoms. The fourth-order valence-electron chi connectivity index (χ4n) is 5.17. The first kappa shape index (κ1) is 22.8. The molecule has 1 unspecified atom stereocenters. The number of anilines is 2. The summed E-state index contributed by atoms with van der Waals surface area (Å²) < 4.78 is 0. The van der Waals surface area contributed by atoms with Crippen molar-refractivity contribution < 1.29 is 9.90 Å². The van der Waals surface area contributed by atoms with Crippen molar-refractivity contribution >= 4 is 28.6 Å². The molecule has 2 aliphatic rings. The van der Waals surface area contributed by atoms with Gasteiger partial charge < -0.3 is 20.6 Å². The standard InChI is InChI=1S/C25H37N5O2/c1-30(2)23-20-10-6-7-11-21(20)28-25(29-23)27-19-14-12-17(13-15-19)16-26-24(32)22(31)18-8-4-3-5-9-18/h6-7,10-11,17-19,22,31H,3-5,8-9,12-16H2,1-2H3,(H,26,32)(H,27,28,29). The Hall–Kier alpha value is -2.41. The first-order chi connectivity index (χ1) is 15.5. The highest BCUT2D eigenvalue weighted by molar-refractivity contribution is 5.90. The molecule has 174 valence electrons. The van der Waals surface area contributed by atoms with Crippen LogP contribution in [0.4, 0.5) is 11.8 Å². The predicted octanol–water partition coefficient (Wildman–Crippen LogP) is 3.72. The molecule has 0 bridgehead atoms. The van der Waals surface area contributed by atoms with Crippen LogP contribution in [0.15, 0.2) is 24.3 Å². The Morgan fingerprint density at radius 1 is 1.06 bits per heavy atom. The van der Waals surface area contributed by atoms with Gasteiger partial charge in [0.2, 0.25) is 11.9 Å². The monoisotopic (exact) mass is 439 g/mol. The second-order valence-corrected chi connectivity index (χ2v) is 9.73. The lowest BCUT2D eigenvalue weighted by atomic mass is 9.84. The van der Waals surface area contributed by atoms with Crippen molar-refractivity contribution in [1.82, 2.24) is 15.3 Å². The molecule has 4 rings (SSSR count). The van der Waals surface area contributed by atoms with Crippen LogP contribution in [0.1, 0.15) is 57.8 Å². The van der Waals surface area contributed by atoms with Crippen molar-refractivity contribution in [2.75, 3.05) is 30.9 Å². The molecule has 1 aromatic carbocycles. The third-order valence-electron chi connectivity index (χ3n) is 7.12. The Balaban J connectivity index is 1.26. The summed E-state index contributed by atoms with van der Waals surface area (Å²) in [6, 6.07) is 8.44. The zero-order chi connectivity index (χ0) is 22.5. The Morgan fingerprint density at radius 3 is 2.50 bits per heavy atom. The predicted molar refractivity (Wildman–Crippen MR) is 129 cm³/mol. The van der Waals surface area contributed by atoms with Crippen molar-refractivity contribution in [1.29, 1.82) is 0 Å². The molecule has 0 radical (unpaired) electrons. The Bertz CT molecular complexity index is 904. The average Bonchev–Trinajstić information content (AvgIpc) is 2.83. The van der Waals surface area contributed by atoms with Crippen LogP contribution in [-0.4, -0.2) is 53.8 Å². The van der Waals surface area contributed by atoms with E-state index in [4.69, 9.17) is 9.97 Å². The van der Waals surface area contributed by atoms with Gasteiger partial charge in [-0.25, -0.2) is 4.98 Å². The second-order valence-electron chi connectivity index (χ2n) is 9.73. The molecule has 1 heterocycles. The lowest BCUT2D eigenvalue weighted by Gasteiger charge is -2.30. The first-order valence-electron chi connectivity index (χ1n) is 12.2. The van der Waals surface area contributed by atoms with Crippen molar-refractivity contribution in [3.63, 3.8) is 0 Å². The average molecular weight is 440 g/mol. The van der Waals surface area contributed by atoms with Crippen LogP contribution in [0.5, 0.6) is 0 Å². The Morgan fingerprint density at radius 2 is 1.78 bits per heavy atom. The van der Waals surface area contributed by atoms with Crippen molar-refractivity contribution in [2.24, 2.45) is 11.8 Å². The quantitative estimate of drug-likeness (QED) is 0.609. The van der Waals surface area contributed by atoms with Crippen LogP contribution < -0.4 is 15.5 Å². The summed E-state index contributed by atoms with van der Waals surface area (Å²) in [6.45, 7) is 0.659. The van der Waals surface area contributed by atoms with Crippen molar-refractivity contribution in [3.05, 3.63) is 24.3 Å². The summed E-state index contributed by atoms with van der Waals surface area (Å²) >= 11 is 0. The van der Waals surface area contributed by atoms with Gasteiger partial charge in [-0.1, -0.05) is 31.4 Å². The van der Waals surface area contributed by atoms with Crippen molar-refractivity contribution in [2.45, 2.75) is 69.9 Å². The topological polar surface area (TPSA) is 90.4 Å². The lowest BCUT2D eigenvalue weighted by molar-refractivity contribution is -0.133. The van der Waals surface area contributed by atoms with E-state index in [0.717, 1.165) is 68.1 Å². The molecule has 1 aromatic heterocycles. The zero-order valence-electron chi connectivity index (χ0n) is 19.4. The summed E-state index contributed by atoms with van der Waals surface area (Å²) in [5, 5.41) is 18.0. The minimum Gasteiger partial charge on any atom is -0.383 e. The molecule has 1 amide bonds. The summed E-state index contributed by atoms with van der Waals surface area (Å²) in [5.41, 5.74) is 0.946. The maximum Gasteiger partial charge on any atom is 0.249 e. The van der Waals surface area contributed by atoms with Gasteiger partial charge in [-0.3, -0.25) is 4.79 Å². The van der Waals surface area contributed by atoms with Gasteiger partial charge in [-0.05, 0) is 62.5 Å². The number of amides is 1. The van der Waals surface area contributed by atoms with E-state index < -0.39 is 6.10 Å². The van der Waals surface area contributed by atoms with E-state index in [0.29, 0.717) is 24.5 Å². The van der Waals surface area contributed by atoms with Gasteiger partial charge in [-0.2, -0.15) is 4.98 Å². The largest absolute Gasteiger partial charge is 0.383 e. The fraction of sp³-hybridized carbons (Fsp3) is 0.640. The van der Waals surface area contributed by atoms with E-state index in [1.807, 2.05) is 37.2 Å². The van der Waals surface area contributed by atoms with E-state index in [1.54, 1.807) is 0 Å². The number of nitrogens with one attached hydrogen (secondary N) is 2. The second kappa shape index (κ2) is 10.5. The number of aromatic nitrogens is 2. The molecule has 0 aliphatic heterocycles. The number of para-hydroxylation sites is 1. The normalized spacial score (nSPS) is 23.0. The summed E-state index contributed by atoms with van der Waals surface area (Å²) in [7, 11) is 4.01. The molecule has 32 heavy (non-hydrogen) atoms. The van der Waals surface area contributed by atoms with E-state index in [1.165, 1.54) is 6.42 Å². The van der Waals surface area contributed by atoms with Crippen LogP contribution in [0.25, 0.3) is 10.9 Å². The number of nitrogens with zero attached hydrogens (tertiary/aromatic N) is 3. The van der Waals surface area contributed by atoms with Crippen LogP contribution in [-0.2, 0) is 4.79 Å². The van der Waals surface area contributed by atoms with Crippen molar-refractivity contribution in [3.8, 4) is 0 Å². The van der Waals surface area contributed by atoms with E-state index in [-0.39, 0.29) is 11.8 Å². The molecule has 7 heteroatoms. The van der Waals surface area contributed by atoms with Crippen LogP contribution in [0.3, 0.4) is 0 Å². The number of hydrogen-bond donors (Lipinski definition) is 3. The highest BCUT2D eigenvalue weighted by Gasteiger charge is 2.28. The molecule has 2 aliphatic carbocycles. The molecule has 0 saturated heterocycles. The number of rotatable bonds is 7. The van der Waals surface area contributed by atoms with E-state index in [2.05, 4.69) is 16.7 Å². The minimum atomic E-state index is -0.843. The van der Waals surface area contributed by atoms with E-state index >= 15 is 0 Å². The smallest absolute Gasteiger partial charge is 0.249 e. The third kappa shape index (κ3) is 5.49. The summed E-state index contributed by atoms with van der Waals surface area (Å²) in [6.07, 6.45) is 8.73. The number of aliphatic hydroxyl groups is 1. The number of carbonyl (C=O) groups excluding carboxylic acids is 1. The van der Waals surface area contributed by atoms with Gasteiger partial charge in [0.05, 0.1) is 5.52 Å². The van der Waals surface area contributed by atoms with Gasteiger partial charge in [0.25, 0.3) is 0 Å². The first-order valence-corrected chi connectivity index (χ1v) is 12.2. The Labute approximate surface area is 191 Å². The number of carbonyl (C=O) groups is 1. The number of benzene rings is 1. The highest BCUT2D eigenvalue weighted by Crippen LogP contribution is 2.29. The van der Waals surface area contributed by atoms with Gasteiger partial charge in [0.15, 0.2) is 0 Å². The zero-order valence-corrected chi connectivity index (χ0v) is 19.4.